The van der Waals surface area contributed by atoms with Gasteiger partial charge in [0.1, 0.15) is 5.82 Å². The van der Waals surface area contributed by atoms with Gasteiger partial charge in [-0.25, -0.2) is 4.39 Å². The van der Waals surface area contributed by atoms with Gasteiger partial charge in [-0.05, 0) is 54.7 Å². The number of pyridine rings is 1. The van der Waals surface area contributed by atoms with E-state index in [0.29, 0.717) is 12.8 Å². The monoisotopic (exact) mass is 388 g/mol. The zero-order valence-corrected chi connectivity index (χ0v) is 16.4. The molecule has 0 bridgehead atoms. The number of rotatable bonds is 6. The van der Waals surface area contributed by atoms with Gasteiger partial charge in [0.05, 0.1) is 11.7 Å². The van der Waals surface area contributed by atoms with Crippen LogP contribution in [0.25, 0.3) is 0 Å². The number of carbonyl (C=O) groups is 1. The van der Waals surface area contributed by atoms with Gasteiger partial charge in [-0.3, -0.25) is 9.78 Å². The molecule has 3 aromatic rings. The quantitative estimate of drug-likeness (QED) is 0.588. The van der Waals surface area contributed by atoms with Crippen LogP contribution in [0.3, 0.4) is 0 Å². The maximum absolute atomic E-state index is 13.1. The molecule has 4 rings (SSSR count). The number of aryl methyl sites for hydroxylation is 1. The highest BCUT2D eigenvalue weighted by molar-refractivity contribution is 5.77. The average molecular weight is 388 g/mol. The Bertz CT molecular complexity index is 956. The summed E-state index contributed by atoms with van der Waals surface area (Å²) in [5.41, 5.74) is 4.11. The second-order valence-corrected chi connectivity index (χ2v) is 7.59. The van der Waals surface area contributed by atoms with E-state index in [4.69, 9.17) is 4.98 Å². The SMILES string of the molecule is O=C(CCc1ccccc1)N1CCC[C@H]1c1cccc(Cc2ccc(F)cc2)n1. The van der Waals surface area contributed by atoms with Crippen LogP contribution in [0, 0.1) is 5.82 Å². The van der Waals surface area contributed by atoms with Crippen LogP contribution in [0.1, 0.15) is 47.8 Å². The van der Waals surface area contributed by atoms with E-state index in [2.05, 4.69) is 12.1 Å². The number of amides is 1. The van der Waals surface area contributed by atoms with Crippen molar-refractivity contribution in [3.63, 3.8) is 0 Å². The van der Waals surface area contributed by atoms with Gasteiger partial charge in [-0.1, -0.05) is 48.5 Å². The van der Waals surface area contributed by atoms with Crippen LogP contribution < -0.4 is 0 Å². The van der Waals surface area contributed by atoms with E-state index < -0.39 is 0 Å². The molecule has 0 N–H and O–H groups in total. The molecule has 0 unspecified atom stereocenters. The van der Waals surface area contributed by atoms with Gasteiger partial charge in [0.2, 0.25) is 5.91 Å². The summed E-state index contributed by atoms with van der Waals surface area (Å²) < 4.78 is 13.1. The van der Waals surface area contributed by atoms with Crippen molar-refractivity contribution < 1.29 is 9.18 Å². The molecule has 1 fully saturated rings. The molecule has 4 heteroatoms. The van der Waals surface area contributed by atoms with Crippen LogP contribution in [-0.2, 0) is 17.6 Å². The van der Waals surface area contributed by atoms with E-state index in [0.717, 1.165) is 42.8 Å². The Morgan fingerprint density at radius 2 is 1.76 bits per heavy atom. The molecule has 2 aromatic carbocycles. The van der Waals surface area contributed by atoms with Gasteiger partial charge in [0.15, 0.2) is 0 Å². The van der Waals surface area contributed by atoms with Gasteiger partial charge >= 0.3 is 0 Å². The molecule has 3 nitrogen and oxygen atoms in total. The lowest BCUT2D eigenvalue weighted by atomic mass is 10.1. The minimum atomic E-state index is -0.230. The number of benzene rings is 2. The van der Waals surface area contributed by atoms with Crippen LogP contribution in [-0.4, -0.2) is 22.3 Å². The number of nitrogens with zero attached hydrogens (tertiary/aromatic N) is 2. The first-order valence-electron chi connectivity index (χ1n) is 10.2. The van der Waals surface area contributed by atoms with Crippen molar-refractivity contribution >= 4 is 5.91 Å². The van der Waals surface area contributed by atoms with Crippen molar-refractivity contribution in [3.05, 3.63) is 101 Å². The molecular formula is C25H25FN2O. The number of halogens is 1. The van der Waals surface area contributed by atoms with Crippen LogP contribution in [0.4, 0.5) is 4.39 Å². The second kappa shape index (κ2) is 8.99. The van der Waals surface area contributed by atoms with Gasteiger partial charge in [0, 0.05) is 25.1 Å². The van der Waals surface area contributed by atoms with Crippen LogP contribution >= 0.6 is 0 Å². The third kappa shape index (κ3) is 4.89. The molecule has 148 valence electrons. The zero-order valence-electron chi connectivity index (χ0n) is 16.4. The molecule has 0 saturated carbocycles. The minimum absolute atomic E-state index is 0.0476. The van der Waals surface area contributed by atoms with E-state index in [-0.39, 0.29) is 17.8 Å². The van der Waals surface area contributed by atoms with Crippen LogP contribution in [0.5, 0.6) is 0 Å². The Labute approximate surface area is 171 Å². The predicted molar refractivity (Wildman–Crippen MR) is 112 cm³/mol. The highest BCUT2D eigenvalue weighted by Gasteiger charge is 2.30. The molecule has 0 aliphatic carbocycles. The zero-order chi connectivity index (χ0) is 20.1. The Kier molecular flexibility index (Phi) is 5.99. The molecule has 0 radical (unpaired) electrons. The number of hydrogen-bond donors (Lipinski definition) is 0. The summed E-state index contributed by atoms with van der Waals surface area (Å²) in [6.45, 7) is 0.794. The summed E-state index contributed by atoms with van der Waals surface area (Å²) >= 11 is 0. The highest BCUT2D eigenvalue weighted by atomic mass is 19.1. The van der Waals surface area contributed by atoms with Gasteiger partial charge in [-0.15, -0.1) is 0 Å². The first-order chi connectivity index (χ1) is 14.2. The molecular weight excluding hydrogens is 363 g/mol. The highest BCUT2D eigenvalue weighted by Crippen LogP contribution is 2.31. The predicted octanol–water partition coefficient (Wildman–Crippen LogP) is 5.11. The summed E-state index contributed by atoms with van der Waals surface area (Å²) in [5, 5.41) is 0. The topological polar surface area (TPSA) is 33.2 Å². The van der Waals surface area contributed by atoms with Crippen molar-refractivity contribution in [2.75, 3.05) is 6.54 Å². The molecule has 29 heavy (non-hydrogen) atoms. The normalized spacial score (nSPS) is 16.2. The number of carbonyl (C=O) groups excluding carboxylic acids is 1. The van der Waals surface area contributed by atoms with Gasteiger partial charge < -0.3 is 4.90 Å². The number of hydrogen-bond acceptors (Lipinski definition) is 2. The first kappa shape index (κ1) is 19.3. The van der Waals surface area contributed by atoms with Gasteiger partial charge in [-0.2, -0.15) is 0 Å². The smallest absolute Gasteiger partial charge is 0.223 e. The molecule has 1 amide bonds. The number of aromatic nitrogens is 1. The lowest BCUT2D eigenvalue weighted by Crippen LogP contribution is -2.31. The molecule has 0 spiro atoms. The van der Waals surface area contributed by atoms with Crippen LogP contribution in [0.2, 0.25) is 0 Å². The van der Waals surface area contributed by atoms with E-state index in [1.807, 2.05) is 41.3 Å². The fourth-order valence-corrected chi connectivity index (χ4v) is 4.01. The molecule has 2 heterocycles. The largest absolute Gasteiger partial charge is 0.334 e. The number of likely N-dealkylation sites (tertiary alicyclic amines) is 1. The van der Waals surface area contributed by atoms with Crippen LogP contribution in [0.15, 0.2) is 72.8 Å². The maximum Gasteiger partial charge on any atom is 0.223 e. The lowest BCUT2D eigenvalue weighted by Gasteiger charge is -2.25. The maximum atomic E-state index is 13.1. The summed E-state index contributed by atoms with van der Waals surface area (Å²) in [6.07, 6.45) is 3.90. The summed E-state index contributed by atoms with van der Waals surface area (Å²) in [7, 11) is 0. The van der Waals surface area contributed by atoms with Crippen molar-refractivity contribution in [2.45, 2.75) is 38.1 Å². The Morgan fingerprint density at radius 1 is 0.966 bits per heavy atom. The van der Waals surface area contributed by atoms with E-state index in [9.17, 15) is 9.18 Å². The third-order valence-electron chi connectivity index (χ3n) is 5.51. The summed E-state index contributed by atoms with van der Waals surface area (Å²) in [4.78, 5) is 19.7. The average Bonchev–Trinajstić information content (AvgIpc) is 3.25. The Balaban J connectivity index is 1.44. The Hall–Kier alpha value is -3.01. The molecule has 1 saturated heterocycles. The van der Waals surface area contributed by atoms with Crippen molar-refractivity contribution in [1.29, 1.82) is 0 Å². The molecule has 1 aliphatic rings. The fourth-order valence-electron chi connectivity index (χ4n) is 4.01. The summed E-state index contributed by atoms with van der Waals surface area (Å²) in [6, 6.07) is 22.7. The Morgan fingerprint density at radius 3 is 2.55 bits per heavy atom. The van der Waals surface area contributed by atoms with Crippen molar-refractivity contribution in [3.8, 4) is 0 Å². The second-order valence-electron chi connectivity index (χ2n) is 7.59. The van der Waals surface area contributed by atoms with Crippen molar-refractivity contribution in [1.82, 2.24) is 9.88 Å². The fraction of sp³-hybridized carbons (Fsp3) is 0.280. The first-order valence-corrected chi connectivity index (χ1v) is 10.2. The standard InChI is InChI=1S/C25H25FN2O/c26-21-14-11-20(12-15-21)18-22-8-4-9-23(27-22)24-10-5-17-28(24)25(29)16-13-19-6-2-1-3-7-19/h1-4,6-9,11-12,14-15,24H,5,10,13,16-18H2/t24-/m0/s1. The molecule has 1 aliphatic heterocycles. The lowest BCUT2D eigenvalue weighted by molar-refractivity contribution is -0.132. The van der Waals surface area contributed by atoms with E-state index in [1.54, 1.807) is 12.1 Å². The molecule has 1 aromatic heterocycles. The van der Waals surface area contributed by atoms with E-state index in [1.165, 1.54) is 17.7 Å². The van der Waals surface area contributed by atoms with E-state index >= 15 is 0 Å². The van der Waals surface area contributed by atoms with Gasteiger partial charge in [0.25, 0.3) is 0 Å². The minimum Gasteiger partial charge on any atom is -0.334 e. The third-order valence-corrected chi connectivity index (χ3v) is 5.51. The van der Waals surface area contributed by atoms with Crippen molar-refractivity contribution in [2.24, 2.45) is 0 Å². The summed E-state index contributed by atoms with van der Waals surface area (Å²) in [5.74, 6) is -0.0341. The molecule has 1 atom stereocenters.